The average molecular weight is 384 g/mol. The Morgan fingerprint density at radius 3 is 2.04 bits per heavy atom. The molecule has 3 nitrogen and oxygen atoms in total. The molecule has 0 bridgehead atoms. The number of rotatable bonds is 7. The molecule has 0 saturated carbocycles. The van der Waals surface area contributed by atoms with E-state index in [4.69, 9.17) is 0 Å². The minimum atomic E-state index is -3.59. The molecule has 3 aromatic carbocycles. The number of hydrogen-bond donors (Lipinski definition) is 1. The summed E-state index contributed by atoms with van der Waals surface area (Å²) in [4.78, 5) is 1.40. The maximum absolute atomic E-state index is 12.8. The van der Waals surface area contributed by atoms with Gasteiger partial charge in [-0.15, -0.1) is 11.8 Å². The Morgan fingerprint density at radius 1 is 0.846 bits per heavy atom. The summed E-state index contributed by atoms with van der Waals surface area (Å²) < 4.78 is 28.5. The van der Waals surface area contributed by atoms with E-state index in [0.717, 1.165) is 16.0 Å². The SMILES string of the molecule is Cc1ccc(S(=O)(=O)N[C@@H](CSc2ccccc2)c2ccccc2)cc1. The first kappa shape index (κ1) is 18.7. The summed E-state index contributed by atoms with van der Waals surface area (Å²) in [5.41, 5.74) is 1.98. The quantitative estimate of drug-likeness (QED) is 0.596. The molecule has 5 heteroatoms. The van der Waals surface area contributed by atoms with Crippen molar-refractivity contribution in [3.63, 3.8) is 0 Å². The van der Waals surface area contributed by atoms with Crippen LogP contribution in [0.5, 0.6) is 0 Å². The van der Waals surface area contributed by atoms with Crippen LogP contribution in [0, 0.1) is 6.92 Å². The summed E-state index contributed by atoms with van der Waals surface area (Å²) in [5, 5.41) is 0. The van der Waals surface area contributed by atoms with Crippen molar-refractivity contribution in [3.8, 4) is 0 Å². The molecule has 0 spiro atoms. The zero-order valence-corrected chi connectivity index (χ0v) is 16.1. The predicted molar refractivity (Wildman–Crippen MR) is 108 cm³/mol. The minimum Gasteiger partial charge on any atom is -0.207 e. The third-order valence-corrected chi connectivity index (χ3v) is 6.58. The molecule has 26 heavy (non-hydrogen) atoms. The largest absolute Gasteiger partial charge is 0.241 e. The van der Waals surface area contributed by atoms with Crippen molar-refractivity contribution in [2.45, 2.75) is 22.8 Å². The first-order chi connectivity index (χ1) is 12.5. The van der Waals surface area contributed by atoms with E-state index >= 15 is 0 Å². The number of nitrogens with one attached hydrogen (secondary N) is 1. The Labute approximate surface area is 159 Å². The van der Waals surface area contributed by atoms with Crippen LogP contribution in [-0.2, 0) is 10.0 Å². The van der Waals surface area contributed by atoms with E-state index in [0.29, 0.717) is 5.75 Å². The van der Waals surface area contributed by atoms with Crippen molar-refractivity contribution < 1.29 is 8.42 Å². The summed E-state index contributed by atoms with van der Waals surface area (Å²) in [6.45, 7) is 1.94. The van der Waals surface area contributed by atoms with E-state index in [2.05, 4.69) is 4.72 Å². The van der Waals surface area contributed by atoms with Gasteiger partial charge in [0.25, 0.3) is 0 Å². The molecule has 0 saturated heterocycles. The first-order valence-electron chi connectivity index (χ1n) is 8.36. The normalized spacial score (nSPS) is 12.7. The lowest BCUT2D eigenvalue weighted by Crippen LogP contribution is -2.30. The van der Waals surface area contributed by atoms with Crippen LogP contribution < -0.4 is 4.72 Å². The number of aryl methyl sites for hydroxylation is 1. The van der Waals surface area contributed by atoms with Crippen LogP contribution >= 0.6 is 11.8 Å². The van der Waals surface area contributed by atoms with Gasteiger partial charge in [-0.2, -0.15) is 0 Å². The summed E-state index contributed by atoms with van der Waals surface area (Å²) in [5.74, 6) is 0.610. The van der Waals surface area contributed by atoms with Crippen LogP contribution in [0.1, 0.15) is 17.2 Å². The average Bonchev–Trinajstić information content (AvgIpc) is 2.67. The summed E-state index contributed by atoms with van der Waals surface area (Å²) in [7, 11) is -3.59. The van der Waals surface area contributed by atoms with Gasteiger partial charge in [0.1, 0.15) is 0 Å². The van der Waals surface area contributed by atoms with Gasteiger partial charge in [0.15, 0.2) is 0 Å². The molecule has 3 aromatic rings. The van der Waals surface area contributed by atoms with Gasteiger partial charge in [-0.3, -0.25) is 0 Å². The van der Waals surface area contributed by atoms with Gasteiger partial charge < -0.3 is 0 Å². The lowest BCUT2D eigenvalue weighted by Gasteiger charge is -2.19. The Balaban J connectivity index is 1.82. The Hall–Kier alpha value is -2.08. The van der Waals surface area contributed by atoms with Crippen molar-refractivity contribution in [1.29, 1.82) is 0 Å². The molecule has 0 aliphatic carbocycles. The Morgan fingerprint density at radius 2 is 1.42 bits per heavy atom. The molecule has 1 N–H and O–H groups in total. The number of thioether (sulfide) groups is 1. The zero-order valence-electron chi connectivity index (χ0n) is 14.5. The fourth-order valence-corrected chi connectivity index (χ4v) is 4.87. The smallest absolute Gasteiger partial charge is 0.207 e. The highest BCUT2D eigenvalue weighted by atomic mass is 32.2. The van der Waals surface area contributed by atoms with Gasteiger partial charge in [-0.1, -0.05) is 66.2 Å². The highest BCUT2D eigenvalue weighted by Crippen LogP contribution is 2.26. The highest BCUT2D eigenvalue weighted by Gasteiger charge is 2.21. The van der Waals surface area contributed by atoms with Crippen LogP contribution in [0.25, 0.3) is 0 Å². The van der Waals surface area contributed by atoms with Crippen molar-refractivity contribution in [2.24, 2.45) is 0 Å². The topological polar surface area (TPSA) is 46.2 Å². The molecule has 0 heterocycles. The van der Waals surface area contributed by atoms with Crippen molar-refractivity contribution >= 4 is 21.8 Å². The maximum Gasteiger partial charge on any atom is 0.241 e. The molecular formula is C21H21NO2S2. The van der Waals surface area contributed by atoms with Crippen LogP contribution in [0.15, 0.2) is 94.7 Å². The molecule has 1 atom stereocenters. The summed E-state index contributed by atoms with van der Waals surface area (Å²) in [6, 6.07) is 26.3. The fraction of sp³-hybridized carbons (Fsp3) is 0.143. The van der Waals surface area contributed by atoms with Gasteiger partial charge in [0.05, 0.1) is 10.9 Å². The van der Waals surface area contributed by atoms with E-state index in [1.54, 1.807) is 23.9 Å². The van der Waals surface area contributed by atoms with Crippen LogP contribution in [0.2, 0.25) is 0 Å². The van der Waals surface area contributed by atoms with Crippen molar-refractivity contribution in [2.75, 3.05) is 5.75 Å². The maximum atomic E-state index is 12.8. The molecule has 0 aliphatic rings. The minimum absolute atomic E-state index is 0.286. The zero-order chi connectivity index (χ0) is 18.4. The molecular weight excluding hydrogens is 362 g/mol. The van der Waals surface area contributed by atoms with E-state index < -0.39 is 10.0 Å². The molecule has 0 radical (unpaired) electrons. The Bertz CT molecular complexity index is 925. The molecule has 0 fully saturated rings. The van der Waals surface area contributed by atoms with Gasteiger partial charge >= 0.3 is 0 Å². The summed E-state index contributed by atoms with van der Waals surface area (Å²) >= 11 is 1.63. The van der Waals surface area contributed by atoms with Crippen molar-refractivity contribution in [1.82, 2.24) is 4.72 Å². The lowest BCUT2D eigenvalue weighted by molar-refractivity contribution is 0.568. The van der Waals surface area contributed by atoms with E-state index in [9.17, 15) is 8.42 Å². The second kappa shape index (κ2) is 8.54. The lowest BCUT2D eigenvalue weighted by atomic mass is 10.1. The monoisotopic (exact) mass is 383 g/mol. The third kappa shape index (κ3) is 4.97. The van der Waals surface area contributed by atoms with E-state index in [1.807, 2.05) is 79.7 Å². The molecule has 134 valence electrons. The van der Waals surface area contributed by atoms with Crippen LogP contribution in [0.3, 0.4) is 0 Å². The molecule has 0 aliphatic heterocycles. The molecule has 3 rings (SSSR count). The number of benzene rings is 3. The second-order valence-corrected chi connectivity index (χ2v) is 8.83. The molecule has 0 unspecified atom stereocenters. The number of sulfonamides is 1. The van der Waals surface area contributed by atoms with Gasteiger partial charge in [0.2, 0.25) is 10.0 Å². The summed E-state index contributed by atoms with van der Waals surface area (Å²) in [6.07, 6.45) is 0. The van der Waals surface area contributed by atoms with Gasteiger partial charge in [-0.25, -0.2) is 13.1 Å². The third-order valence-electron chi connectivity index (χ3n) is 3.99. The van der Waals surface area contributed by atoms with Gasteiger partial charge in [-0.05, 0) is 36.8 Å². The fourth-order valence-electron chi connectivity index (χ4n) is 2.55. The van der Waals surface area contributed by atoms with E-state index in [1.165, 1.54) is 0 Å². The van der Waals surface area contributed by atoms with Gasteiger partial charge in [0, 0.05) is 10.6 Å². The van der Waals surface area contributed by atoms with Crippen LogP contribution in [-0.4, -0.2) is 14.2 Å². The Kier molecular flexibility index (Phi) is 6.14. The molecule has 0 aromatic heterocycles. The predicted octanol–water partition coefficient (Wildman–Crippen LogP) is 4.81. The van der Waals surface area contributed by atoms with Crippen LogP contribution in [0.4, 0.5) is 0 Å². The number of hydrogen-bond acceptors (Lipinski definition) is 3. The standard InChI is InChI=1S/C21H21NO2S2/c1-17-12-14-20(15-13-17)26(23,24)22-21(18-8-4-2-5-9-18)16-25-19-10-6-3-7-11-19/h2-15,21-22H,16H2,1H3/t21-/m0/s1. The highest BCUT2D eigenvalue weighted by molar-refractivity contribution is 7.99. The van der Waals surface area contributed by atoms with E-state index in [-0.39, 0.29) is 10.9 Å². The first-order valence-corrected chi connectivity index (χ1v) is 10.8. The van der Waals surface area contributed by atoms with Crippen molar-refractivity contribution in [3.05, 3.63) is 96.1 Å². The second-order valence-electron chi connectivity index (χ2n) is 6.02. The molecule has 0 amide bonds.